The van der Waals surface area contributed by atoms with E-state index < -0.39 is 0 Å². The van der Waals surface area contributed by atoms with E-state index in [2.05, 4.69) is 41.5 Å². The molecule has 0 aliphatic heterocycles. The molecule has 0 saturated carbocycles. The number of hydrogen-bond acceptors (Lipinski definition) is 3. The van der Waals surface area contributed by atoms with Crippen molar-refractivity contribution >= 4 is 11.6 Å². The number of benzene rings is 2. The van der Waals surface area contributed by atoms with E-state index in [4.69, 9.17) is 5.84 Å². The first-order valence-electron chi connectivity index (χ1n) is 6.79. The number of nitrogen functional groups attached to an aromatic ring is 1. The van der Waals surface area contributed by atoms with Crippen molar-refractivity contribution in [3.05, 3.63) is 72.4 Å². The number of anilines is 2. The van der Waals surface area contributed by atoms with Gasteiger partial charge in [0.1, 0.15) is 0 Å². The first kappa shape index (κ1) is 13.1. The van der Waals surface area contributed by atoms with E-state index in [1.54, 1.807) is 6.20 Å². The van der Waals surface area contributed by atoms with Crippen molar-refractivity contribution in [2.24, 2.45) is 0 Å². The van der Waals surface area contributed by atoms with E-state index in [1.807, 2.05) is 36.4 Å². The summed E-state index contributed by atoms with van der Waals surface area (Å²) < 4.78 is 1.48. The highest BCUT2D eigenvalue weighted by Crippen LogP contribution is 2.18. The van der Waals surface area contributed by atoms with Crippen LogP contribution in [0.25, 0.3) is 11.3 Å². The molecule has 3 aromatic rings. The fourth-order valence-corrected chi connectivity index (χ4v) is 2.06. The molecular formula is C17H17N4+. The number of rotatable bonds is 3. The molecule has 104 valence electrons. The number of nitrogens with zero attached hydrogens (tertiary/aromatic N) is 2. The second kappa shape index (κ2) is 5.63. The van der Waals surface area contributed by atoms with Gasteiger partial charge in [0.05, 0.1) is 11.9 Å². The van der Waals surface area contributed by atoms with E-state index >= 15 is 0 Å². The Labute approximate surface area is 123 Å². The van der Waals surface area contributed by atoms with Crippen LogP contribution in [0.5, 0.6) is 0 Å². The van der Waals surface area contributed by atoms with Crippen LogP contribution in [-0.4, -0.2) is 4.98 Å². The summed E-state index contributed by atoms with van der Waals surface area (Å²) in [5, 5.41) is 3.22. The van der Waals surface area contributed by atoms with Gasteiger partial charge in [0.25, 0.3) is 0 Å². The predicted molar refractivity (Wildman–Crippen MR) is 84.5 cm³/mol. The molecule has 4 heteroatoms. The highest BCUT2D eigenvalue weighted by atomic mass is 15.4. The number of aromatic nitrogens is 2. The van der Waals surface area contributed by atoms with Gasteiger partial charge in [0, 0.05) is 11.6 Å². The summed E-state index contributed by atoms with van der Waals surface area (Å²) in [6.07, 6.45) is 1.80. The van der Waals surface area contributed by atoms with E-state index in [1.165, 1.54) is 10.2 Å². The summed E-state index contributed by atoms with van der Waals surface area (Å²) in [6.45, 7) is 2.07. The molecular weight excluding hydrogens is 260 g/mol. The third-order valence-corrected chi connectivity index (χ3v) is 3.24. The zero-order valence-corrected chi connectivity index (χ0v) is 11.8. The third kappa shape index (κ3) is 3.00. The molecule has 0 amide bonds. The first-order valence-corrected chi connectivity index (χ1v) is 6.79. The smallest absolute Gasteiger partial charge is 0.289 e. The van der Waals surface area contributed by atoms with E-state index in [-0.39, 0.29) is 0 Å². The molecule has 0 radical (unpaired) electrons. The van der Waals surface area contributed by atoms with Gasteiger partial charge in [-0.15, -0.1) is 4.68 Å². The van der Waals surface area contributed by atoms with Gasteiger partial charge in [-0.25, -0.2) is 5.32 Å². The largest absolute Gasteiger partial charge is 0.418 e. The number of aryl methyl sites for hydroxylation is 1. The average molecular weight is 277 g/mol. The molecule has 1 aromatic heterocycles. The lowest BCUT2D eigenvalue weighted by atomic mass is 10.1. The molecule has 0 spiro atoms. The van der Waals surface area contributed by atoms with Crippen molar-refractivity contribution in [2.45, 2.75) is 6.92 Å². The van der Waals surface area contributed by atoms with Crippen molar-refractivity contribution in [3.8, 4) is 11.3 Å². The van der Waals surface area contributed by atoms with Gasteiger partial charge in [-0.3, -0.25) is 5.84 Å². The Kier molecular flexibility index (Phi) is 3.51. The lowest BCUT2D eigenvalue weighted by Gasteiger charge is -2.04. The van der Waals surface area contributed by atoms with Gasteiger partial charge in [0.15, 0.2) is 5.69 Å². The number of hydrogen-bond donors (Lipinski definition) is 2. The van der Waals surface area contributed by atoms with Crippen LogP contribution in [0.2, 0.25) is 0 Å². The minimum atomic E-state index is 0.597. The number of para-hydroxylation sites is 1. The maximum absolute atomic E-state index is 5.93. The van der Waals surface area contributed by atoms with Crippen molar-refractivity contribution in [2.75, 3.05) is 11.2 Å². The van der Waals surface area contributed by atoms with Gasteiger partial charge in [-0.05, 0) is 19.1 Å². The molecule has 3 N–H and O–H groups in total. The van der Waals surface area contributed by atoms with Crippen LogP contribution in [-0.2, 0) is 0 Å². The molecule has 0 atom stereocenters. The van der Waals surface area contributed by atoms with Crippen LogP contribution in [0.4, 0.5) is 11.6 Å². The molecule has 4 nitrogen and oxygen atoms in total. The van der Waals surface area contributed by atoms with Crippen LogP contribution >= 0.6 is 0 Å². The number of nitrogens with two attached hydrogens (primary N) is 1. The van der Waals surface area contributed by atoms with Gasteiger partial charge < -0.3 is 0 Å². The molecule has 21 heavy (non-hydrogen) atoms. The molecule has 0 aliphatic carbocycles. The zero-order chi connectivity index (χ0) is 14.7. The predicted octanol–water partition coefficient (Wildman–Crippen LogP) is 2.80. The van der Waals surface area contributed by atoms with Crippen LogP contribution in [0.1, 0.15) is 5.56 Å². The molecule has 0 bridgehead atoms. The average Bonchev–Trinajstić information content (AvgIpc) is 2.51. The Hall–Kier alpha value is -2.88. The summed E-state index contributed by atoms with van der Waals surface area (Å²) in [6, 6.07) is 20.0. The monoisotopic (exact) mass is 277 g/mol. The molecule has 0 unspecified atom stereocenters. The fraction of sp³-hybridized carbons (Fsp3) is 0.0588. The second-order valence-electron chi connectivity index (χ2n) is 4.90. The Morgan fingerprint density at radius 1 is 0.952 bits per heavy atom. The summed E-state index contributed by atoms with van der Waals surface area (Å²) in [7, 11) is 0. The van der Waals surface area contributed by atoms with Crippen molar-refractivity contribution in [3.63, 3.8) is 0 Å². The van der Waals surface area contributed by atoms with Gasteiger partial charge >= 0.3 is 5.95 Å². The topological polar surface area (TPSA) is 54.8 Å². The van der Waals surface area contributed by atoms with Gasteiger partial charge in [-0.2, -0.15) is 0 Å². The quantitative estimate of drug-likeness (QED) is 0.572. The fourth-order valence-electron chi connectivity index (χ4n) is 2.06. The summed E-state index contributed by atoms with van der Waals surface area (Å²) >= 11 is 0. The second-order valence-corrected chi connectivity index (χ2v) is 4.90. The lowest BCUT2D eigenvalue weighted by Crippen LogP contribution is -2.46. The Bertz CT molecular complexity index is 736. The minimum Gasteiger partial charge on any atom is -0.289 e. The maximum Gasteiger partial charge on any atom is 0.418 e. The van der Waals surface area contributed by atoms with Crippen molar-refractivity contribution in [1.82, 2.24) is 4.98 Å². The normalized spacial score (nSPS) is 10.3. The standard InChI is InChI=1S/C17H16N4/c1-13-7-9-14(10-8-13)16-11-12-21(18)17(20-16)19-15-5-3-2-4-6-15/h2-12H,18H2,1H3/p+1. The summed E-state index contributed by atoms with van der Waals surface area (Å²) in [5.41, 5.74) is 4.13. The van der Waals surface area contributed by atoms with E-state index in [0.717, 1.165) is 16.9 Å². The Morgan fingerprint density at radius 2 is 1.67 bits per heavy atom. The molecule has 1 heterocycles. The highest BCUT2D eigenvalue weighted by Gasteiger charge is 2.13. The first-order chi connectivity index (χ1) is 10.2. The maximum atomic E-state index is 5.93. The zero-order valence-electron chi connectivity index (χ0n) is 11.8. The third-order valence-electron chi connectivity index (χ3n) is 3.24. The van der Waals surface area contributed by atoms with Crippen molar-refractivity contribution < 1.29 is 4.68 Å². The minimum absolute atomic E-state index is 0.597. The van der Waals surface area contributed by atoms with Crippen molar-refractivity contribution in [1.29, 1.82) is 0 Å². The molecule has 0 fully saturated rings. The van der Waals surface area contributed by atoms with Crippen LogP contribution in [0.3, 0.4) is 0 Å². The summed E-state index contributed by atoms with van der Waals surface area (Å²) in [4.78, 5) is 4.59. The molecule has 3 rings (SSSR count). The van der Waals surface area contributed by atoms with Gasteiger partial charge in [-0.1, -0.05) is 53.0 Å². The number of nitrogens with one attached hydrogen (secondary N) is 1. The van der Waals surface area contributed by atoms with Crippen LogP contribution in [0, 0.1) is 6.92 Å². The highest BCUT2D eigenvalue weighted by molar-refractivity contribution is 5.61. The SMILES string of the molecule is Cc1ccc(-c2cc[n+](N)c(Nc3ccccc3)n2)cc1. The van der Waals surface area contributed by atoms with Crippen LogP contribution < -0.4 is 15.8 Å². The molecule has 0 saturated heterocycles. The lowest BCUT2D eigenvalue weighted by molar-refractivity contribution is -0.626. The van der Waals surface area contributed by atoms with Gasteiger partial charge in [0.2, 0.25) is 0 Å². The molecule has 2 aromatic carbocycles. The Balaban J connectivity index is 1.94. The Morgan fingerprint density at radius 3 is 2.38 bits per heavy atom. The van der Waals surface area contributed by atoms with Crippen LogP contribution in [0.15, 0.2) is 66.9 Å². The molecule has 0 aliphatic rings. The van der Waals surface area contributed by atoms with E-state index in [0.29, 0.717) is 5.95 Å². The summed E-state index contributed by atoms with van der Waals surface area (Å²) in [5.74, 6) is 6.53. The van der Waals surface area contributed by atoms with E-state index in [9.17, 15) is 0 Å².